The minimum atomic E-state index is 1.32. The smallest absolute Gasteiger partial charge is 0.00240 e. The molecule has 0 atom stereocenters. The summed E-state index contributed by atoms with van der Waals surface area (Å²) in [6, 6.07) is 141. The molecule has 0 unspecified atom stereocenters. The summed E-state index contributed by atoms with van der Waals surface area (Å²) in [5.74, 6) is 0. The Hall–Kier alpha value is -15.1. The second-order valence-corrected chi connectivity index (χ2v) is 38.0. The third-order valence-corrected chi connectivity index (χ3v) is 27.3. The van der Waals surface area contributed by atoms with Crippen LogP contribution in [0.3, 0.4) is 0 Å². The van der Waals surface area contributed by atoms with Crippen LogP contribution in [0.15, 0.2) is 388 Å². The van der Waals surface area contributed by atoms with E-state index in [-0.39, 0.29) is 0 Å². The fourth-order valence-electron chi connectivity index (χ4n) is 20.0. The third-order valence-electron chi connectivity index (χ3n) is 27.3. The fraction of sp³-hybridized carbons (Fsp3) is 0.134. The molecule has 0 N–H and O–H groups in total. The molecule has 24 aromatic carbocycles. The van der Waals surface area contributed by atoms with E-state index in [1.54, 1.807) is 0 Å². The first-order valence-electron chi connectivity index (χ1n) is 47.4. The van der Waals surface area contributed by atoms with Gasteiger partial charge in [0.1, 0.15) is 0 Å². The summed E-state index contributed by atoms with van der Waals surface area (Å²) >= 11 is 0. The van der Waals surface area contributed by atoms with Gasteiger partial charge in [-0.15, -0.1) is 0 Å². The highest BCUT2D eigenvalue weighted by molar-refractivity contribution is 6.26. The molecule has 0 aliphatic heterocycles. The van der Waals surface area contributed by atoms with Gasteiger partial charge in [-0.3, -0.25) is 0 Å². The molecule has 0 saturated carbocycles. The van der Waals surface area contributed by atoms with Crippen molar-refractivity contribution < 1.29 is 0 Å². The van der Waals surface area contributed by atoms with Gasteiger partial charge in [0.25, 0.3) is 0 Å². The first kappa shape index (κ1) is 89.5. The summed E-state index contributed by atoms with van der Waals surface area (Å²) in [5, 5.41) is 43.5. The molecule has 2 aliphatic rings. The van der Waals surface area contributed by atoms with Crippen LogP contribution in [-0.4, -0.2) is 0 Å². The van der Waals surface area contributed by atoms with E-state index in [4.69, 9.17) is 0 Å². The number of hydrogen-bond donors (Lipinski definition) is 0. The quantitative estimate of drug-likeness (QED) is 0.105. The van der Waals surface area contributed by atoms with Gasteiger partial charge in [0.15, 0.2) is 0 Å². The predicted octanol–water partition coefficient (Wildman–Crippen LogP) is 38.6. The summed E-state index contributed by atoms with van der Waals surface area (Å²) in [7, 11) is 0. The molecule has 0 fully saturated rings. The van der Waals surface area contributed by atoms with Crippen molar-refractivity contribution in [2.75, 3.05) is 0 Å². The molecule has 0 heteroatoms. The molecular formula is C134H118. The summed E-state index contributed by atoms with van der Waals surface area (Å²) in [6.07, 6.45) is 0. The predicted molar refractivity (Wildman–Crippen MR) is 594 cm³/mol. The van der Waals surface area contributed by atoms with Crippen LogP contribution in [0.1, 0.15) is 100 Å². The van der Waals surface area contributed by atoms with E-state index >= 15 is 0 Å². The van der Waals surface area contributed by atoms with Gasteiger partial charge in [0, 0.05) is 0 Å². The SMILES string of the molecule is Cc1cc(C)c2cccccc1-2.Cc1cc2ccc3cc(C)cc4ccc(c1)c2c34.Cc1cc2ccccc2cc1C.Cc1ccc2c(ccc3cc(C)ccc32)c1.Cc1ccc2cc(C)ccc2c1.Cc1ccc2cc3cc(C)ccc3cc2c1.Cc1ccc2ccc(C)cc2c1.Cc1ccc2ccc3c(C)ccc4ccc1c2c43.Cc1ccc2ccc3ccc(C)c4ccc1c2c34. The fourth-order valence-corrected chi connectivity index (χ4v) is 20.0. The van der Waals surface area contributed by atoms with E-state index in [0.717, 1.165) is 0 Å². The molecule has 24 aromatic rings. The van der Waals surface area contributed by atoms with Gasteiger partial charge in [-0.05, 0) is 376 Å². The second-order valence-electron chi connectivity index (χ2n) is 38.0. The van der Waals surface area contributed by atoms with Gasteiger partial charge in [-0.25, -0.2) is 0 Å². The molecule has 654 valence electrons. The monoisotopic (exact) mass is 1730 g/mol. The largest absolute Gasteiger partial charge is 0.0622 e. The number of rotatable bonds is 0. The highest BCUT2D eigenvalue weighted by Crippen LogP contribution is 2.42. The molecule has 0 bridgehead atoms. The molecule has 0 nitrogen and oxygen atoms in total. The van der Waals surface area contributed by atoms with E-state index in [1.165, 1.54) is 284 Å². The molecule has 0 spiro atoms. The molecule has 0 saturated heterocycles. The van der Waals surface area contributed by atoms with Gasteiger partial charge in [-0.1, -0.05) is 421 Å². The number of benzene rings is 24. The van der Waals surface area contributed by atoms with Gasteiger partial charge in [0.2, 0.25) is 0 Å². The van der Waals surface area contributed by atoms with Gasteiger partial charge in [0.05, 0.1) is 0 Å². The number of hydrogen-bond acceptors (Lipinski definition) is 0. The molecule has 26 rings (SSSR count). The molecule has 0 aromatic heterocycles. The summed E-state index contributed by atoms with van der Waals surface area (Å²) in [6.45, 7) is 38.8. The van der Waals surface area contributed by atoms with Crippen molar-refractivity contribution in [1.29, 1.82) is 0 Å². The highest BCUT2D eigenvalue weighted by Gasteiger charge is 2.15. The number of fused-ring (bicyclic) bond motifs is 9. The van der Waals surface area contributed by atoms with Crippen LogP contribution in [0.2, 0.25) is 0 Å². The van der Waals surface area contributed by atoms with E-state index in [9.17, 15) is 0 Å². The zero-order chi connectivity index (χ0) is 93.3. The topological polar surface area (TPSA) is 0 Å². The van der Waals surface area contributed by atoms with E-state index in [1.807, 2.05) is 0 Å². The summed E-state index contributed by atoms with van der Waals surface area (Å²) < 4.78 is 0. The van der Waals surface area contributed by atoms with Gasteiger partial charge >= 0.3 is 0 Å². The standard InChI is InChI=1S/3C18H14.2C16H14.4C12H12/c1-11-7-13-3-5-15-9-12(2)10-16-6-4-14(8-11)17(13)18(15)16;1-11-3-5-13-8-10-16-12(2)4-6-14-7-9-15(11)17(13)18(14)16;1-11-3-5-13-7-8-14-6-4-12(2)16-10-9-15(11)17(13)18(14)16;1-11-3-7-15-13(9-11)5-6-14-10-12(2)4-8-16(14)15;1-11-3-5-13-10-16-8-12(2)4-6-14(16)9-15(13)7-11;1-9-3-5-12-8-10(2)4-6-11(12)7-9;1-9-3-5-11-6-4-10(2)8-12(11)7-9;1-9-7-11-5-3-4-6-12(11)8-10(9)2;1-9-8-10(2)12-7-5-3-4-6-11(9)12/h3*3-10H,1-2H3;2*3-10H,1-2H3;4*3-8H,1-2H3. The highest BCUT2D eigenvalue weighted by atomic mass is 14.2. The van der Waals surface area contributed by atoms with Crippen LogP contribution in [0.5, 0.6) is 0 Å². The Morgan fingerprint density at radius 1 is 0.0970 bits per heavy atom. The van der Waals surface area contributed by atoms with E-state index in [2.05, 4.69) is 513 Å². The average Bonchev–Trinajstić information content (AvgIpc) is 0.798. The van der Waals surface area contributed by atoms with E-state index in [0.29, 0.717) is 0 Å². The van der Waals surface area contributed by atoms with Crippen molar-refractivity contribution in [2.45, 2.75) is 125 Å². The van der Waals surface area contributed by atoms with Crippen LogP contribution < -0.4 is 0 Å². The van der Waals surface area contributed by atoms with Gasteiger partial charge < -0.3 is 0 Å². The molecule has 0 heterocycles. The lowest BCUT2D eigenvalue weighted by atomic mass is 9.91. The number of aryl methyl sites for hydroxylation is 18. The average molecular weight is 1730 g/mol. The van der Waals surface area contributed by atoms with E-state index < -0.39 is 0 Å². The van der Waals surface area contributed by atoms with Crippen LogP contribution in [0.25, 0.3) is 183 Å². The Balaban J connectivity index is 0.000000101. The first-order valence-corrected chi connectivity index (χ1v) is 47.4. The Labute approximate surface area is 790 Å². The molecule has 2 aliphatic carbocycles. The maximum absolute atomic E-state index is 2.28. The van der Waals surface area contributed by atoms with Crippen molar-refractivity contribution in [1.82, 2.24) is 0 Å². The lowest BCUT2D eigenvalue weighted by molar-refractivity contribution is 1.37. The lowest BCUT2D eigenvalue weighted by Crippen LogP contribution is -1.87. The Morgan fingerprint density at radius 2 is 0.306 bits per heavy atom. The third kappa shape index (κ3) is 19.1. The summed E-state index contributed by atoms with van der Waals surface area (Å²) in [4.78, 5) is 0. The van der Waals surface area contributed by atoms with Crippen molar-refractivity contribution >= 4 is 172 Å². The first-order chi connectivity index (χ1) is 64.8. The van der Waals surface area contributed by atoms with Crippen LogP contribution in [-0.2, 0) is 0 Å². The van der Waals surface area contributed by atoms with Crippen LogP contribution in [0.4, 0.5) is 0 Å². The van der Waals surface area contributed by atoms with Crippen LogP contribution >= 0.6 is 0 Å². The van der Waals surface area contributed by atoms with Crippen molar-refractivity contribution in [3.8, 4) is 11.1 Å². The molecule has 134 heavy (non-hydrogen) atoms. The Bertz CT molecular complexity index is 8150. The molecule has 0 amide bonds. The van der Waals surface area contributed by atoms with Crippen molar-refractivity contribution in [3.63, 3.8) is 0 Å². The summed E-state index contributed by atoms with van der Waals surface area (Å²) in [5.41, 5.74) is 26.9. The minimum absolute atomic E-state index is 1.32. The van der Waals surface area contributed by atoms with Crippen molar-refractivity contribution in [2.24, 2.45) is 0 Å². The maximum atomic E-state index is 2.28. The zero-order valence-electron chi connectivity index (χ0n) is 81.0. The Morgan fingerprint density at radius 3 is 0.634 bits per heavy atom. The molecular weight excluding hydrogens is 1610 g/mol. The minimum Gasteiger partial charge on any atom is -0.0622 e. The van der Waals surface area contributed by atoms with Gasteiger partial charge in [-0.2, -0.15) is 0 Å². The second kappa shape index (κ2) is 38.4. The maximum Gasteiger partial charge on any atom is -0.00240 e. The zero-order valence-corrected chi connectivity index (χ0v) is 81.0. The Kier molecular flexibility index (Phi) is 25.6. The normalized spacial score (nSPS) is 11.2. The van der Waals surface area contributed by atoms with Crippen LogP contribution in [0, 0.1) is 125 Å². The molecule has 0 radical (unpaired) electrons. The van der Waals surface area contributed by atoms with Crippen molar-refractivity contribution in [3.05, 3.63) is 488 Å². The lowest BCUT2D eigenvalue weighted by Gasteiger charge is -2.13.